The molecular formula is C20H24BrNO3. The van der Waals surface area contributed by atoms with Crippen LogP contribution in [0, 0.1) is 0 Å². The average Bonchev–Trinajstić information content (AvgIpc) is 2.63. The van der Waals surface area contributed by atoms with Crippen molar-refractivity contribution in [3.05, 3.63) is 70.2 Å². The quantitative estimate of drug-likeness (QED) is 0.622. The SMILES string of the molecule is CCN(C(=O)O[C@H](COC)c1ccccc1)[C@@H](C)c1ccc(Br)cc1. The van der Waals surface area contributed by atoms with E-state index in [2.05, 4.69) is 15.9 Å². The first-order valence-corrected chi connectivity index (χ1v) is 9.12. The lowest BCUT2D eigenvalue weighted by molar-refractivity contribution is 0.0139. The first kappa shape index (κ1) is 19.5. The lowest BCUT2D eigenvalue weighted by Gasteiger charge is -2.29. The van der Waals surface area contributed by atoms with Crippen LogP contribution in [-0.2, 0) is 9.47 Å². The minimum Gasteiger partial charge on any atom is -0.439 e. The number of rotatable bonds is 7. The molecule has 25 heavy (non-hydrogen) atoms. The summed E-state index contributed by atoms with van der Waals surface area (Å²) in [6.45, 7) is 4.83. The maximum absolute atomic E-state index is 12.8. The molecule has 134 valence electrons. The predicted molar refractivity (Wildman–Crippen MR) is 102 cm³/mol. The minimum absolute atomic E-state index is 0.0791. The molecule has 0 saturated heterocycles. The number of methoxy groups -OCH3 is 1. The van der Waals surface area contributed by atoms with Crippen LogP contribution < -0.4 is 0 Å². The number of benzene rings is 2. The molecule has 0 fully saturated rings. The van der Waals surface area contributed by atoms with Gasteiger partial charge in [-0.2, -0.15) is 0 Å². The zero-order chi connectivity index (χ0) is 18.2. The normalized spacial score (nSPS) is 13.1. The number of ether oxygens (including phenoxy) is 2. The van der Waals surface area contributed by atoms with E-state index in [-0.39, 0.29) is 12.1 Å². The summed E-state index contributed by atoms with van der Waals surface area (Å²) in [4.78, 5) is 14.5. The number of halogens is 1. The largest absolute Gasteiger partial charge is 0.439 e. The molecule has 0 aromatic heterocycles. The average molecular weight is 406 g/mol. The molecule has 4 nitrogen and oxygen atoms in total. The van der Waals surface area contributed by atoms with Crippen molar-refractivity contribution in [3.8, 4) is 0 Å². The summed E-state index contributed by atoms with van der Waals surface area (Å²) in [5.41, 5.74) is 1.98. The molecular weight excluding hydrogens is 382 g/mol. The molecule has 0 radical (unpaired) electrons. The van der Waals surface area contributed by atoms with Gasteiger partial charge in [-0.25, -0.2) is 4.79 Å². The van der Waals surface area contributed by atoms with Crippen LogP contribution in [0.4, 0.5) is 4.79 Å². The van der Waals surface area contributed by atoms with Crippen molar-refractivity contribution in [2.75, 3.05) is 20.3 Å². The zero-order valence-corrected chi connectivity index (χ0v) is 16.4. The molecule has 2 aromatic carbocycles. The Balaban J connectivity index is 2.13. The van der Waals surface area contributed by atoms with E-state index >= 15 is 0 Å². The van der Waals surface area contributed by atoms with Crippen LogP contribution >= 0.6 is 15.9 Å². The third kappa shape index (κ3) is 5.31. The number of carbonyl (C=O) groups is 1. The molecule has 1 amide bonds. The van der Waals surface area contributed by atoms with Gasteiger partial charge in [-0.15, -0.1) is 0 Å². The first-order valence-electron chi connectivity index (χ1n) is 8.33. The van der Waals surface area contributed by atoms with Gasteiger partial charge < -0.3 is 14.4 Å². The highest BCUT2D eigenvalue weighted by atomic mass is 79.9. The monoisotopic (exact) mass is 405 g/mol. The molecule has 0 saturated carbocycles. The highest BCUT2D eigenvalue weighted by Crippen LogP contribution is 2.25. The first-order chi connectivity index (χ1) is 12.1. The van der Waals surface area contributed by atoms with Crippen LogP contribution in [0.15, 0.2) is 59.1 Å². The van der Waals surface area contributed by atoms with Gasteiger partial charge in [0.2, 0.25) is 0 Å². The van der Waals surface area contributed by atoms with Gasteiger partial charge in [0.05, 0.1) is 12.6 Å². The van der Waals surface area contributed by atoms with Crippen LogP contribution in [-0.4, -0.2) is 31.3 Å². The number of carbonyl (C=O) groups excluding carboxylic acids is 1. The van der Waals surface area contributed by atoms with Gasteiger partial charge >= 0.3 is 6.09 Å². The van der Waals surface area contributed by atoms with E-state index in [0.29, 0.717) is 13.2 Å². The molecule has 0 heterocycles. The Kier molecular flexibility index (Phi) is 7.47. The number of hydrogen-bond acceptors (Lipinski definition) is 3. The Morgan fingerprint density at radius 1 is 1.08 bits per heavy atom. The summed E-state index contributed by atoms with van der Waals surface area (Å²) in [5.74, 6) is 0. The summed E-state index contributed by atoms with van der Waals surface area (Å²) in [6, 6.07) is 17.5. The molecule has 0 N–H and O–H groups in total. The molecule has 2 rings (SSSR count). The molecule has 0 spiro atoms. The van der Waals surface area contributed by atoms with Gasteiger partial charge in [-0.1, -0.05) is 58.4 Å². The summed E-state index contributed by atoms with van der Waals surface area (Å²) < 4.78 is 12.0. The fourth-order valence-corrected chi connectivity index (χ4v) is 2.95. The van der Waals surface area contributed by atoms with Crippen molar-refractivity contribution in [3.63, 3.8) is 0 Å². The number of nitrogens with zero attached hydrogens (tertiary/aromatic N) is 1. The predicted octanol–water partition coefficient (Wildman–Crippen LogP) is 5.36. The fraction of sp³-hybridized carbons (Fsp3) is 0.350. The summed E-state index contributed by atoms with van der Waals surface area (Å²) in [5, 5.41) is 0. The summed E-state index contributed by atoms with van der Waals surface area (Å²) in [6.07, 6.45) is -0.770. The smallest absolute Gasteiger partial charge is 0.410 e. The Morgan fingerprint density at radius 2 is 1.72 bits per heavy atom. The molecule has 2 aromatic rings. The second-order valence-electron chi connectivity index (χ2n) is 5.75. The van der Waals surface area contributed by atoms with Crippen LogP contribution in [0.25, 0.3) is 0 Å². The highest BCUT2D eigenvalue weighted by molar-refractivity contribution is 9.10. The molecule has 0 aliphatic heterocycles. The lowest BCUT2D eigenvalue weighted by atomic mass is 10.1. The fourth-order valence-electron chi connectivity index (χ4n) is 2.69. The van der Waals surface area contributed by atoms with E-state index < -0.39 is 6.10 Å². The van der Waals surface area contributed by atoms with E-state index in [1.54, 1.807) is 12.0 Å². The molecule has 0 aliphatic rings. The third-order valence-corrected chi connectivity index (χ3v) is 4.66. The second-order valence-corrected chi connectivity index (χ2v) is 6.67. The van der Waals surface area contributed by atoms with Crippen molar-refractivity contribution in [1.29, 1.82) is 0 Å². The minimum atomic E-state index is -0.426. The molecule has 5 heteroatoms. The Labute approximate surface area is 157 Å². The van der Waals surface area contributed by atoms with Gasteiger partial charge in [0.15, 0.2) is 6.10 Å². The highest BCUT2D eigenvalue weighted by Gasteiger charge is 2.25. The van der Waals surface area contributed by atoms with Gasteiger partial charge in [0, 0.05) is 18.1 Å². The van der Waals surface area contributed by atoms with E-state index in [0.717, 1.165) is 15.6 Å². The molecule has 0 aliphatic carbocycles. The van der Waals surface area contributed by atoms with Crippen LogP contribution in [0.5, 0.6) is 0 Å². The zero-order valence-electron chi connectivity index (χ0n) is 14.8. The lowest BCUT2D eigenvalue weighted by Crippen LogP contribution is -2.35. The maximum atomic E-state index is 12.8. The summed E-state index contributed by atoms with van der Waals surface area (Å²) >= 11 is 3.43. The Bertz CT molecular complexity index is 660. The van der Waals surface area contributed by atoms with Crippen molar-refractivity contribution < 1.29 is 14.3 Å². The van der Waals surface area contributed by atoms with Gasteiger partial charge in [-0.3, -0.25) is 0 Å². The van der Waals surface area contributed by atoms with Crippen molar-refractivity contribution in [2.24, 2.45) is 0 Å². The second kappa shape index (κ2) is 9.59. The standard InChI is InChI=1S/C20H24BrNO3/c1-4-22(15(2)16-10-12-18(21)13-11-16)20(23)25-19(14-24-3)17-8-6-5-7-9-17/h5-13,15,19H,4,14H2,1-3H3/t15-,19+/m0/s1. The van der Waals surface area contributed by atoms with Crippen LogP contribution in [0.3, 0.4) is 0 Å². The van der Waals surface area contributed by atoms with Crippen LogP contribution in [0.1, 0.15) is 37.1 Å². The van der Waals surface area contributed by atoms with Crippen LogP contribution in [0.2, 0.25) is 0 Å². The van der Waals surface area contributed by atoms with Gasteiger partial charge in [-0.05, 0) is 37.1 Å². The molecule has 0 unspecified atom stereocenters. The van der Waals surface area contributed by atoms with E-state index in [1.807, 2.05) is 68.4 Å². The Hall–Kier alpha value is -1.85. The third-order valence-electron chi connectivity index (χ3n) is 4.13. The number of hydrogen-bond donors (Lipinski definition) is 0. The number of amides is 1. The molecule has 0 bridgehead atoms. The maximum Gasteiger partial charge on any atom is 0.410 e. The summed E-state index contributed by atoms with van der Waals surface area (Å²) in [7, 11) is 1.60. The topological polar surface area (TPSA) is 38.8 Å². The van der Waals surface area contributed by atoms with E-state index in [4.69, 9.17) is 9.47 Å². The van der Waals surface area contributed by atoms with E-state index in [1.165, 1.54) is 0 Å². The van der Waals surface area contributed by atoms with Crippen molar-refractivity contribution >= 4 is 22.0 Å². The van der Waals surface area contributed by atoms with Crippen molar-refractivity contribution in [2.45, 2.75) is 26.0 Å². The van der Waals surface area contributed by atoms with Crippen molar-refractivity contribution in [1.82, 2.24) is 4.90 Å². The Morgan fingerprint density at radius 3 is 2.28 bits per heavy atom. The van der Waals surface area contributed by atoms with Gasteiger partial charge in [0.25, 0.3) is 0 Å². The molecule has 2 atom stereocenters. The van der Waals surface area contributed by atoms with E-state index in [9.17, 15) is 4.79 Å². The van der Waals surface area contributed by atoms with Gasteiger partial charge in [0.1, 0.15) is 0 Å².